The molecule has 0 radical (unpaired) electrons. The highest BCUT2D eigenvalue weighted by molar-refractivity contribution is 5.70. The molecule has 15 nitrogen and oxygen atoms in total. The van der Waals surface area contributed by atoms with Gasteiger partial charge in [0.15, 0.2) is 18.7 Å². The van der Waals surface area contributed by atoms with Gasteiger partial charge in [-0.25, -0.2) is 0 Å². The maximum atomic E-state index is 12.8. The van der Waals surface area contributed by atoms with E-state index in [1.54, 1.807) is 0 Å². The Morgan fingerprint density at radius 3 is 1.77 bits per heavy atom. The lowest BCUT2D eigenvalue weighted by molar-refractivity contribution is -0.332. The second-order valence-corrected chi connectivity index (χ2v) is 14.4. The summed E-state index contributed by atoms with van der Waals surface area (Å²) in [6, 6.07) is 0. The molecular weight excluding hydrogens is 732 g/mol. The van der Waals surface area contributed by atoms with E-state index in [0.717, 1.165) is 64.2 Å². The lowest BCUT2D eigenvalue weighted by Gasteiger charge is -2.42. The quantitative estimate of drug-likeness (QED) is 0.0328. The number of ether oxygens (including phenoxy) is 6. The SMILES string of the molecule is CC/C=C\C/C=C\C/C=C\CCCCCC(=O)OC(COC(=O)CCCCCCCCC)COC1OC(COC2OC(CO)C(O)C(O)C2O)C(O)C(O)C1O. The molecule has 56 heavy (non-hydrogen) atoms. The van der Waals surface area contributed by atoms with E-state index in [2.05, 4.69) is 50.3 Å². The maximum absolute atomic E-state index is 12.8. The first-order valence-electron chi connectivity index (χ1n) is 20.6. The third-order valence-electron chi connectivity index (χ3n) is 9.63. The van der Waals surface area contributed by atoms with Crippen LogP contribution >= 0.6 is 0 Å². The van der Waals surface area contributed by atoms with Gasteiger partial charge in [-0.15, -0.1) is 0 Å². The largest absolute Gasteiger partial charge is 0.462 e. The van der Waals surface area contributed by atoms with Crippen molar-refractivity contribution in [2.24, 2.45) is 0 Å². The lowest BCUT2D eigenvalue weighted by Crippen LogP contribution is -2.61. The van der Waals surface area contributed by atoms with Crippen LogP contribution in [0.1, 0.15) is 117 Å². The summed E-state index contributed by atoms with van der Waals surface area (Å²) < 4.78 is 33.2. The molecule has 15 heteroatoms. The van der Waals surface area contributed by atoms with E-state index in [-0.39, 0.29) is 19.4 Å². The summed E-state index contributed by atoms with van der Waals surface area (Å²) in [5.41, 5.74) is 0. The Morgan fingerprint density at radius 2 is 1.12 bits per heavy atom. The van der Waals surface area contributed by atoms with Crippen LogP contribution in [0.15, 0.2) is 36.5 Å². The number of carbonyl (C=O) groups is 2. The van der Waals surface area contributed by atoms with Crippen molar-refractivity contribution in [1.29, 1.82) is 0 Å². The predicted molar refractivity (Wildman–Crippen MR) is 206 cm³/mol. The monoisotopic (exact) mass is 802 g/mol. The average molecular weight is 803 g/mol. The van der Waals surface area contributed by atoms with Gasteiger partial charge in [-0.3, -0.25) is 9.59 Å². The van der Waals surface area contributed by atoms with E-state index >= 15 is 0 Å². The summed E-state index contributed by atoms with van der Waals surface area (Å²) >= 11 is 0. The topological polar surface area (TPSA) is 231 Å². The van der Waals surface area contributed by atoms with Crippen molar-refractivity contribution in [3.8, 4) is 0 Å². The molecule has 0 aliphatic carbocycles. The lowest BCUT2D eigenvalue weighted by atomic mass is 9.98. The molecule has 0 saturated carbocycles. The minimum absolute atomic E-state index is 0.130. The number of hydrogen-bond acceptors (Lipinski definition) is 15. The molecule has 2 heterocycles. The van der Waals surface area contributed by atoms with Crippen LogP contribution in [0.25, 0.3) is 0 Å². The fourth-order valence-corrected chi connectivity index (χ4v) is 6.17. The van der Waals surface area contributed by atoms with Crippen LogP contribution in [0.2, 0.25) is 0 Å². The van der Waals surface area contributed by atoms with Crippen molar-refractivity contribution >= 4 is 11.9 Å². The summed E-state index contributed by atoms with van der Waals surface area (Å²) in [5, 5.41) is 71.6. The first kappa shape index (κ1) is 49.9. The summed E-state index contributed by atoms with van der Waals surface area (Å²) in [4.78, 5) is 25.4. The molecule has 7 N–H and O–H groups in total. The number of allylic oxidation sites excluding steroid dienone is 6. The Balaban J connectivity index is 1.90. The number of carbonyl (C=O) groups excluding carboxylic acids is 2. The number of unbranched alkanes of at least 4 members (excludes halogenated alkanes) is 9. The van der Waals surface area contributed by atoms with E-state index < -0.39 is 99.3 Å². The molecule has 0 amide bonds. The van der Waals surface area contributed by atoms with E-state index in [0.29, 0.717) is 12.8 Å². The fourth-order valence-electron chi connectivity index (χ4n) is 6.17. The molecule has 2 aliphatic heterocycles. The van der Waals surface area contributed by atoms with Gasteiger partial charge >= 0.3 is 11.9 Å². The number of aliphatic hydroxyl groups excluding tert-OH is 7. The molecule has 0 spiro atoms. The number of aliphatic hydroxyl groups is 7. The highest BCUT2D eigenvalue weighted by atomic mass is 16.7. The third kappa shape index (κ3) is 19.4. The van der Waals surface area contributed by atoms with Crippen LogP contribution in [0, 0.1) is 0 Å². The summed E-state index contributed by atoms with van der Waals surface area (Å²) in [7, 11) is 0. The molecule has 2 fully saturated rings. The van der Waals surface area contributed by atoms with Crippen molar-refractivity contribution in [3.05, 3.63) is 36.5 Å². The van der Waals surface area contributed by atoms with E-state index in [9.17, 15) is 45.3 Å². The highest BCUT2D eigenvalue weighted by Gasteiger charge is 2.47. The Morgan fingerprint density at radius 1 is 0.589 bits per heavy atom. The molecule has 2 rings (SSSR count). The van der Waals surface area contributed by atoms with Crippen LogP contribution in [-0.4, -0.2) is 142 Å². The minimum Gasteiger partial charge on any atom is -0.462 e. The predicted octanol–water partition coefficient (Wildman–Crippen LogP) is 3.03. The standard InChI is InChI=1S/C41H70O15/c1-3-5-7-9-11-12-13-14-15-16-18-20-22-24-33(44)54-29(26-51-32(43)23-21-19-17-10-8-6-4-2)27-52-40-39(50)37(48)35(46)31(56-40)28-53-41-38(49)36(47)34(45)30(25-42)55-41/h5,7,11-12,14-15,29-31,34-42,45-50H,3-4,6,8-10,13,16-28H2,1-2H3/b7-5-,12-11-,15-14-. The Hall–Kier alpha value is -2.28. The van der Waals surface area contributed by atoms with Gasteiger partial charge in [0.2, 0.25) is 0 Å². The molecule has 2 aliphatic rings. The maximum Gasteiger partial charge on any atom is 0.306 e. The summed E-state index contributed by atoms with van der Waals surface area (Å²) in [5.74, 6) is -0.972. The van der Waals surface area contributed by atoms with Crippen molar-refractivity contribution in [3.63, 3.8) is 0 Å². The zero-order chi connectivity index (χ0) is 41.1. The molecule has 2 saturated heterocycles. The normalized spacial score (nSPS) is 29.0. The second kappa shape index (κ2) is 29.9. The zero-order valence-electron chi connectivity index (χ0n) is 33.4. The zero-order valence-corrected chi connectivity index (χ0v) is 33.4. The van der Waals surface area contributed by atoms with Gasteiger partial charge in [-0.2, -0.15) is 0 Å². The highest BCUT2D eigenvalue weighted by Crippen LogP contribution is 2.26. The molecular formula is C41H70O15. The van der Waals surface area contributed by atoms with E-state index in [1.807, 2.05) is 0 Å². The molecule has 324 valence electrons. The van der Waals surface area contributed by atoms with Gasteiger partial charge in [-0.05, 0) is 44.9 Å². The molecule has 0 aromatic heterocycles. The summed E-state index contributed by atoms with van der Waals surface area (Å²) in [6.07, 6.45) is 9.47. The third-order valence-corrected chi connectivity index (χ3v) is 9.63. The van der Waals surface area contributed by atoms with Crippen molar-refractivity contribution in [1.82, 2.24) is 0 Å². The van der Waals surface area contributed by atoms with Crippen molar-refractivity contribution < 1.29 is 73.8 Å². The van der Waals surface area contributed by atoms with Gasteiger partial charge in [0, 0.05) is 12.8 Å². The van der Waals surface area contributed by atoms with Gasteiger partial charge in [0.25, 0.3) is 0 Å². The van der Waals surface area contributed by atoms with Crippen LogP contribution in [-0.2, 0) is 38.0 Å². The van der Waals surface area contributed by atoms with Crippen LogP contribution in [0.5, 0.6) is 0 Å². The minimum atomic E-state index is -1.77. The van der Waals surface area contributed by atoms with Crippen LogP contribution in [0.4, 0.5) is 0 Å². The molecule has 0 aromatic rings. The van der Waals surface area contributed by atoms with Gasteiger partial charge in [0.05, 0.1) is 19.8 Å². The molecule has 11 atom stereocenters. The smallest absolute Gasteiger partial charge is 0.306 e. The van der Waals surface area contributed by atoms with E-state index in [1.165, 1.54) is 12.8 Å². The Bertz CT molecular complexity index is 1130. The van der Waals surface area contributed by atoms with E-state index in [4.69, 9.17) is 28.4 Å². The number of esters is 2. The van der Waals surface area contributed by atoms with Crippen LogP contribution in [0.3, 0.4) is 0 Å². The van der Waals surface area contributed by atoms with Crippen LogP contribution < -0.4 is 0 Å². The summed E-state index contributed by atoms with van der Waals surface area (Å²) in [6.45, 7) is 2.34. The fraction of sp³-hybridized carbons (Fsp3) is 0.805. The Kier molecular flexibility index (Phi) is 26.6. The Labute approximate surface area is 332 Å². The van der Waals surface area contributed by atoms with Gasteiger partial charge < -0.3 is 64.2 Å². The number of rotatable bonds is 29. The molecule has 0 bridgehead atoms. The van der Waals surface area contributed by atoms with Crippen molar-refractivity contribution in [2.45, 2.75) is 184 Å². The molecule has 0 aromatic carbocycles. The van der Waals surface area contributed by atoms with Gasteiger partial charge in [-0.1, -0.05) is 95.2 Å². The first-order valence-corrected chi connectivity index (χ1v) is 20.6. The first-order chi connectivity index (χ1) is 27.0. The average Bonchev–Trinajstić information content (AvgIpc) is 3.19. The number of hydrogen-bond donors (Lipinski definition) is 7. The second-order valence-electron chi connectivity index (χ2n) is 14.4. The van der Waals surface area contributed by atoms with Crippen molar-refractivity contribution in [2.75, 3.05) is 26.4 Å². The molecule has 11 unspecified atom stereocenters. The van der Waals surface area contributed by atoms with Gasteiger partial charge in [0.1, 0.15) is 55.4 Å².